The number of halogens is 1. The normalized spacial score (nSPS) is 19.3. The molecule has 2 aliphatic carbocycles. The van der Waals surface area contributed by atoms with Crippen molar-refractivity contribution in [3.05, 3.63) is 35.7 Å². The SMILES string of the molecule is Cn1c(-c2ncc(C3(C#N)CC3)cc2S)nc2cc(C3(F)CC3)cnc21. The number of alkyl halides is 1. The van der Waals surface area contributed by atoms with Crippen LogP contribution in [0.25, 0.3) is 22.7 Å². The van der Waals surface area contributed by atoms with E-state index >= 15 is 0 Å². The lowest BCUT2D eigenvalue weighted by Gasteiger charge is -2.09. The number of hydrogen-bond acceptors (Lipinski definition) is 5. The molecule has 5 nitrogen and oxygen atoms in total. The zero-order valence-electron chi connectivity index (χ0n) is 14.2. The smallest absolute Gasteiger partial charge is 0.161 e. The van der Waals surface area contributed by atoms with E-state index in [1.807, 2.05) is 17.7 Å². The minimum Gasteiger partial charge on any atom is -0.310 e. The topological polar surface area (TPSA) is 67.4 Å². The number of nitrogens with zero attached hydrogens (tertiary/aromatic N) is 5. The summed E-state index contributed by atoms with van der Waals surface area (Å²) in [5.41, 5.74) is 1.83. The molecule has 2 saturated carbocycles. The van der Waals surface area contributed by atoms with E-state index in [2.05, 4.69) is 33.6 Å². The summed E-state index contributed by atoms with van der Waals surface area (Å²) in [4.78, 5) is 14.2. The predicted molar refractivity (Wildman–Crippen MR) is 97.5 cm³/mol. The summed E-state index contributed by atoms with van der Waals surface area (Å²) in [6.45, 7) is 0. The van der Waals surface area contributed by atoms with E-state index in [9.17, 15) is 9.65 Å². The molecule has 0 radical (unpaired) electrons. The highest BCUT2D eigenvalue weighted by atomic mass is 32.1. The van der Waals surface area contributed by atoms with Crippen molar-refractivity contribution in [2.24, 2.45) is 7.05 Å². The molecular weight excluding hydrogens is 349 g/mol. The fourth-order valence-corrected chi connectivity index (χ4v) is 3.71. The molecule has 0 aliphatic heterocycles. The van der Waals surface area contributed by atoms with Gasteiger partial charge in [-0.1, -0.05) is 0 Å². The van der Waals surface area contributed by atoms with Crippen LogP contribution in [0, 0.1) is 11.3 Å². The molecule has 3 aromatic heterocycles. The summed E-state index contributed by atoms with van der Waals surface area (Å²) in [6, 6.07) is 6.06. The van der Waals surface area contributed by atoms with Crippen LogP contribution < -0.4 is 0 Å². The van der Waals surface area contributed by atoms with Gasteiger partial charge in [0, 0.05) is 29.9 Å². The molecule has 3 heterocycles. The lowest BCUT2D eigenvalue weighted by molar-refractivity contribution is 0.317. The Labute approximate surface area is 155 Å². The molecule has 26 heavy (non-hydrogen) atoms. The highest BCUT2D eigenvalue weighted by Gasteiger charge is 2.46. The van der Waals surface area contributed by atoms with Gasteiger partial charge in [-0.05, 0) is 43.4 Å². The summed E-state index contributed by atoms with van der Waals surface area (Å²) in [7, 11) is 1.86. The summed E-state index contributed by atoms with van der Waals surface area (Å²) in [5.74, 6) is 0.631. The lowest BCUT2D eigenvalue weighted by Crippen LogP contribution is -2.05. The van der Waals surface area contributed by atoms with E-state index in [0.29, 0.717) is 46.0 Å². The maximum Gasteiger partial charge on any atom is 0.161 e. The zero-order chi connectivity index (χ0) is 18.1. The Balaban J connectivity index is 1.61. The van der Waals surface area contributed by atoms with Crippen molar-refractivity contribution < 1.29 is 4.39 Å². The number of hydrogen-bond donors (Lipinski definition) is 1. The summed E-state index contributed by atoms with van der Waals surface area (Å²) < 4.78 is 16.2. The van der Waals surface area contributed by atoms with Gasteiger partial charge in [0.25, 0.3) is 0 Å². The Morgan fingerprint density at radius 1 is 1.15 bits per heavy atom. The molecular formula is C19H16FN5S. The molecule has 0 N–H and O–H groups in total. The molecule has 0 amide bonds. The van der Waals surface area contributed by atoms with Gasteiger partial charge in [0.1, 0.15) is 16.9 Å². The highest BCUT2D eigenvalue weighted by molar-refractivity contribution is 7.80. The van der Waals surface area contributed by atoms with Crippen molar-refractivity contribution in [3.8, 4) is 17.6 Å². The van der Waals surface area contributed by atoms with Crippen molar-refractivity contribution in [1.82, 2.24) is 19.5 Å². The number of aryl methyl sites for hydroxylation is 1. The van der Waals surface area contributed by atoms with E-state index in [0.717, 1.165) is 18.4 Å². The van der Waals surface area contributed by atoms with Crippen LogP contribution in [0.1, 0.15) is 36.8 Å². The van der Waals surface area contributed by atoms with Gasteiger partial charge in [-0.15, -0.1) is 12.6 Å². The number of aromatic nitrogens is 4. The summed E-state index contributed by atoms with van der Waals surface area (Å²) >= 11 is 4.58. The standard InChI is InChI=1S/C19H16FN5S/c1-25-16-13(6-12(9-23-16)19(20)4-5-19)24-17(25)15-14(26)7-11(8-22-15)18(10-21)2-3-18/h6-9,26H,2-5H2,1H3. The fraction of sp³-hybridized carbons (Fsp3) is 0.368. The van der Waals surface area contributed by atoms with Crippen molar-refractivity contribution in [3.63, 3.8) is 0 Å². The number of nitriles is 1. The molecule has 5 rings (SSSR count). The Bertz CT molecular complexity index is 1110. The predicted octanol–water partition coefficient (Wildman–Crippen LogP) is 3.83. The second-order valence-corrected chi connectivity index (χ2v) is 7.79. The monoisotopic (exact) mass is 365 g/mol. The Morgan fingerprint density at radius 2 is 1.88 bits per heavy atom. The number of fused-ring (bicyclic) bond motifs is 1. The number of rotatable bonds is 3. The van der Waals surface area contributed by atoms with E-state index < -0.39 is 11.1 Å². The Kier molecular flexibility index (Phi) is 3.06. The van der Waals surface area contributed by atoms with Crippen LogP contribution in [-0.4, -0.2) is 19.5 Å². The highest BCUT2D eigenvalue weighted by Crippen LogP contribution is 2.50. The third-order valence-electron chi connectivity index (χ3n) is 5.51. The van der Waals surface area contributed by atoms with Crippen LogP contribution >= 0.6 is 12.6 Å². The largest absolute Gasteiger partial charge is 0.310 e. The number of imidazole rings is 1. The first-order valence-electron chi connectivity index (χ1n) is 8.59. The van der Waals surface area contributed by atoms with Crippen LogP contribution in [0.2, 0.25) is 0 Å². The van der Waals surface area contributed by atoms with Crippen LogP contribution in [0.3, 0.4) is 0 Å². The second-order valence-electron chi connectivity index (χ2n) is 7.31. The molecule has 0 unspecified atom stereocenters. The molecule has 130 valence electrons. The zero-order valence-corrected chi connectivity index (χ0v) is 15.1. The number of pyridine rings is 2. The molecule has 3 aromatic rings. The van der Waals surface area contributed by atoms with Crippen LogP contribution in [0.5, 0.6) is 0 Å². The molecule has 0 saturated heterocycles. The average Bonchev–Trinajstić information content (AvgIpc) is 3.56. The van der Waals surface area contributed by atoms with E-state index in [1.165, 1.54) is 0 Å². The minimum absolute atomic E-state index is 0.397. The van der Waals surface area contributed by atoms with Gasteiger partial charge < -0.3 is 4.57 Å². The van der Waals surface area contributed by atoms with E-state index in [4.69, 9.17) is 0 Å². The summed E-state index contributed by atoms with van der Waals surface area (Å²) in [5, 5.41) is 9.37. The van der Waals surface area contributed by atoms with Gasteiger partial charge in [-0.3, -0.25) is 4.98 Å². The second kappa shape index (κ2) is 5.04. The van der Waals surface area contributed by atoms with Crippen LogP contribution in [-0.2, 0) is 18.1 Å². The first-order valence-corrected chi connectivity index (χ1v) is 9.03. The van der Waals surface area contributed by atoms with Crippen LogP contribution in [0.15, 0.2) is 29.4 Å². The summed E-state index contributed by atoms with van der Waals surface area (Å²) in [6.07, 6.45) is 6.16. The van der Waals surface area contributed by atoms with E-state index in [-0.39, 0.29) is 0 Å². The van der Waals surface area contributed by atoms with Gasteiger partial charge in [-0.2, -0.15) is 5.26 Å². The third kappa shape index (κ3) is 2.18. The van der Waals surface area contributed by atoms with Crippen LogP contribution in [0.4, 0.5) is 4.39 Å². The van der Waals surface area contributed by atoms with Crippen molar-refractivity contribution in [2.45, 2.75) is 41.7 Å². The Hall–Kier alpha value is -2.46. The first-order chi connectivity index (χ1) is 12.5. The first kappa shape index (κ1) is 15.8. The van der Waals surface area contributed by atoms with Gasteiger partial charge in [0.15, 0.2) is 11.5 Å². The van der Waals surface area contributed by atoms with Gasteiger partial charge in [0.2, 0.25) is 0 Å². The third-order valence-corrected chi connectivity index (χ3v) is 5.85. The Morgan fingerprint density at radius 3 is 2.50 bits per heavy atom. The van der Waals surface area contributed by atoms with E-state index in [1.54, 1.807) is 18.5 Å². The minimum atomic E-state index is -1.23. The molecule has 0 spiro atoms. The molecule has 7 heteroatoms. The molecule has 2 aliphatic rings. The lowest BCUT2D eigenvalue weighted by atomic mass is 9.99. The fourth-order valence-electron chi connectivity index (χ4n) is 3.41. The maximum atomic E-state index is 14.3. The molecule has 0 bridgehead atoms. The molecule has 0 atom stereocenters. The quantitative estimate of drug-likeness (QED) is 0.716. The molecule has 2 fully saturated rings. The van der Waals surface area contributed by atoms with Crippen molar-refractivity contribution in [2.75, 3.05) is 0 Å². The van der Waals surface area contributed by atoms with Crippen molar-refractivity contribution in [1.29, 1.82) is 5.26 Å². The maximum absolute atomic E-state index is 14.3. The van der Waals surface area contributed by atoms with Gasteiger partial charge >= 0.3 is 0 Å². The van der Waals surface area contributed by atoms with Gasteiger partial charge in [-0.25, -0.2) is 14.4 Å². The van der Waals surface area contributed by atoms with Crippen molar-refractivity contribution >= 4 is 23.8 Å². The number of thiol groups is 1. The average molecular weight is 365 g/mol. The van der Waals surface area contributed by atoms with Gasteiger partial charge in [0.05, 0.1) is 11.5 Å². The molecule has 0 aromatic carbocycles.